The molecule has 0 aliphatic heterocycles. The number of nitrogens with one attached hydrogen (secondary N) is 1. The van der Waals surface area contributed by atoms with Crippen molar-refractivity contribution in [1.82, 2.24) is 5.32 Å². The third-order valence-corrected chi connectivity index (χ3v) is 4.31. The molecule has 3 atom stereocenters. The molecule has 0 spiro atoms. The maximum Gasteiger partial charge on any atom is 0.161 e. The zero-order chi connectivity index (χ0) is 14.5. The maximum atomic E-state index is 5.66. The number of rotatable bonds is 7. The third-order valence-electron chi connectivity index (χ3n) is 4.31. The number of ether oxygens (including phenoxy) is 3. The Bertz CT molecular complexity index is 436. The molecule has 0 heterocycles. The van der Waals surface area contributed by atoms with E-state index in [0.717, 1.165) is 11.5 Å². The average molecular weight is 279 g/mol. The van der Waals surface area contributed by atoms with Gasteiger partial charge in [0, 0.05) is 13.2 Å². The van der Waals surface area contributed by atoms with Crippen molar-refractivity contribution in [2.24, 2.45) is 5.92 Å². The summed E-state index contributed by atoms with van der Waals surface area (Å²) in [6.07, 6.45) is 1.19. The summed E-state index contributed by atoms with van der Waals surface area (Å²) in [5, 5.41) is 3.36. The van der Waals surface area contributed by atoms with Crippen molar-refractivity contribution in [3.05, 3.63) is 23.8 Å². The van der Waals surface area contributed by atoms with Crippen LogP contribution in [0.15, 0.2) is 18.2 Å². The molecule has 1 aliphatic rings. The first kappa shape index (κ1) is 15.1. The second kappa shape index (κ2) is 6.95. The van der Waals surface area contributed by atoms with E-state index in [4.69, 9.17) is 14.2 Å². The van der Waals surface area contributed by atoms with Crippen LogP contribution in [0.25, 0.3) is 0 Å². The molecular formula is C16H25NO3. The molecule has 1 aromatic rings. The van der Waals surface area contributed by atoms with E-state index in [9.17, 15) is 0 Å². The van der Waals surface area contributed by atoms with Crippen molar-refractivity contribution in [2.75, 3.05) is 34.5 Å². The molecule has 1 fully saturated rings. The number of hydrogen-bond acceptors (Lipinski definition) is 4. The first-order chi connectivity index (χ1) is 9.71. The summed E-state index contributed by atoms with van der Waals surface area (Å²) in [5.41, 5.74) is 1.33. The minimum atomic E-state index is 0.536. The number of hydrogen-bond donors (Lipinski definition) is 1. The normalized spacial score (nSPS) is 25.1. The second-order valence-corrected chi connectivity index (χ2v) is 5.35. The van der Waals surface area contributed by atoms with Crippen LogP contribution in [0.5, 0.6) is 11.5 Å². The largest absolute Gasteiger partial charge is 0.493 e. The fraction of sp³-hybridized carbons (Fsp3) is 0.625. The first-order valence-corrected chi connectivity index (χ1v) is 7.18. The molecule has 0 aromatic heterocycles. The van der Waals surface area contributed by atoms with Gasteiger partial charge in [-0.15, -0.1) is 0 Å². The number of methoxy groups -OCH3 is 2. The summed E-state index contributed by atoms with van der Waals surface area (Å²) in [6, 6.07) is 6.89. The lowest BCUT2D eigenvalue weighted by Crippen LogP contribution is -2.46. The van der Waals surface area contributed by atoms with Gasteiger partial charge in [-0.25, -0.2) is 0 Å². The van der Waals surface area contributed by atoms with Gasteiger partial charge in [0.2, 0.25) is 0 Å². The van der Waals surface area contributed by atoms with E-state index in [0.29, 0.717) is 31.1 Å². The molecule has 3 unspecified atom stereocenters. The van der Waals surface area contributed by atoms with Crippen molar-refractivity contribution in [3.8, 4) is 11.5 Å². The van der Waals surface area contributed by atoms with Crippen LogP contribution >= 0.6 is 0 Å². The van der Waals surface area contributed by atoms with E-state index < -0.39 is 0 Å². The van der Waals surface area contributed by atoms with Crippen LogP contribution in [0.4, 0.5) is 0 Å². The smallest absolute Gasteiger partial charge is 0.161 e. The molecule has 0 amide bonds. The summed E-state index contributed by atoms with van der Waals surface area (Å²) in [7, 11) is 5.38. The SMILES string of the molecule is CNC1CC(c2ccc(OCCOC)c(OC)c2)C1C. The molecule has 1 N–H and O–H groups in total. The van der Waals surface area contributed by atoms with Crippen LogP contribution in [-0.2, 0) is 4.74 Å². The topological polar surface area (TPSA) is 39.7 Å². The standard InChI is InChI=1S/C16H25NO3/c1-11-13(10-14(11)17-2)12-5-6-15(16(9-12)19-4)20-8-7-18-3/h5-6,9,11,13-14,17H,7-8,10H2,1-4H3. The van der Waals surface area contributed by atoms with Gasteiger partial charge < -0.3 is 19.5 Å². The second-order valence-electron chi connectivity index (χ2n) is 5.35. The van der Waals surface area contributed by atoms with Gasteiger partial charge in [-0.1, -0.05) is 13.0 Å². The summed E-state index contributed by atoms with van der Waals surface area (Å²) < 4.78 is 16.1. The summed E-state index contributed by atoms with van der Waals surface area (Å²) >= 11 is 0. The number of benzene rings is 1. The Balaban J connectivity index is 2.05. The van der Waals surface area contributed by atoms with Gasteiger partial charge in [0.1, 0.15) is 6.61 Å². The van der Waals surface area contributed by atoms with Gasteiger partial charge in [0.15, 0.2) is 11.5 Å². The highest BCUT2D eigenvalue weighted by Crippen LogP contribution is 2.44. The van der Waals surface area contributed by atoms with Gasteiger partial charge in [-0.2, -0.15) is 0 Å². The zero-order valence-electron chi connectivity index (χ0n) is 12.8. The molecule has 4 nitrogen and oxygen atoms in total. The molecule has 0 radical (unpaired) electrons. The molecule has 4 heteroatoms. The van der Waals surface area contributed by atoms with Crippen LogP contribution in [0, 0.1) is 5.92 Å². The highest BCUT2D eigenvalue weighted by atomic mass is 16.5. The lowest BCUT2D eigenvalue weighted by molar-refractivity contribution is 0.144. The molecule has 1 aliphatic carbocycles. The van der Waals surface area contributed by atoms with Crippen LogP contribution in [0.3, 0.4) is 0 Å². The Labute approximate surface area is 121 Å². The van der Waals surface area contributed by atoms with E-state index in [-0.39, 0.29) is 0 Å². The van der Waals surface area contributed by atoms with Gasteiger partial charge in [0.25, 0.3) is 0 Å². The van der Waals surface area contributed by atoms with E-state index in [2.05, 4.69) is 24.4 Å². The van der Waals surface area contributed by atoms with Crippen molar-refractivity contribution < 1.29 is 14.2 Å². The van der Waals surface area contributed by atoms with Crippen LogP contribution < -0.4 is 14.8 Å². The van der Waals surface area contributed by atoms with E-state index in [1.165, 1.54) is 12.0 Å². The fourth-order valence-electron chi connectivity index (χ4n) is 2.88. The predicted octanol–water partition coefficient (Wildman–Crippen LogP) is 2.43. The molecule has 1 saturated carbocycles. The monoisotopic (exact) mass is 279 g/mol. The Morgan fingerprint density at radius 1 is 1.20 bits per heavy atom. The Morgan fingerprint density at radius 2 is 2.00 bits per heavy atom. The zero-order valence-corrected chi connectivity index (χ0v) is 12.8. The fourth-order valence-corrected chi connectivity index (χ4v) is 2.88. The van der Waals surface area contributed by atoms with Gasteiger partial charge >= 0.3 is 0 Å². The van der Waals surface area contributed by atoms with E-state index in [1.807, 2.05) is 13.1 Å². The Kier molecular flexibility index (Phi) is 5.26. The summed E-state index contributed by atoms with van der Waals surface area (Å²) in [4.78, 5) is 0. The van der Waals surface area contributed by atoms with Crippen molar-refractivity contribution >= 4 is 0 Å². The summed E-state index contributed by atoms with van der Waals surface area (Å²) in [5.74, 6) is 2.85. The van der Waals surface area contributed by atoms with Gasteiger partial charge in [-0.3, -0.25) is 0 Å². The highest BCUT2D eigenvalue weighted by Gasteiger charge is 2.37. The summed E-state index contributed by atoms with van der Waals surface area (Å²) in [6.45, 7) is 3.41. The van der Waals surface area contributed by atoms with Crippen LogP contribution in [0.2, 0.25) is 0 Å². The maximum absolute atomic E-state index is 5.66. The molecule has 0 bridgehead atoms. The minimum Gasteiger partial charge on any atom is -0.493 e. The minimum absolute atomic E-state index is 0.536. The lowest BCUT2D eigenvalue weighted by atomic mass is 9.67. The van der Waals surface area contributed by atoms with Crippen molar-refractivity contribution in [3.63, 3.8) is 0 Å². The van der Waals surface area contributed by atoms with Gasteiger partial charge in [-0.05, 0) is 43.0 Å². The average Bonchev–Trinajstić information content (AvgIpc) is 2.47. The Hall–Kier alpha value is -1.26. The van der Waals surface area contributed by atoms with Gasteiger partial charge in [0.05, 0.1) is 13.7 Å². The lowest BCUT2D eigenvalue weighted by Gasteiger charge is -2.43. The molecular weight excluding hydrogens is 254 g/mol. The quantitative estimate of drug-likeness (QED) is 0.778. The highest BCUT2D eigenvalue weighted by molar-refractivity contribution is 5.44. The first-order valence-electron chi connectivity index (χ1n) is 7.18. The van der Waals surface area contributed by atoms with Crippen LogP contribution in [-0.4, -0.2) is 40.5 Å². The molecule has 20 heavy (non-hydrogen) atoms. The van der Waals surface area contributed by atoms with E-state index >= 15 is 0 Å². The Morgan fingerprint density at radius 3 is 2.60 bits per heavy atom. The molecule has 2 rings (SSSR count). The van der Waals surface area contributed by atoms with Crippen LogP contribution in [0.1, 0.15) is 24.8 Å². The third kappa shape index (κ3) is 3.07. The molecule has 1 aromatic carbocycles. The van der Waals surface area contributed by atoms with Crippen molar-refractivity contribution in [1.29, 1.82) is 0 Å². The van der Waals surface area contributed by atoms with E-state index in [1.54, 1.807) is 14.2 Å². The van der Waals surface area contributed by atoms with Crippen molar-refractivity contribution in [2.45, 2.75) is 25.3 Å². The predicted molar refractivity (Wildman–Crippen MR) is 79.7 cm³/mol. The molecule has 0 saturated heterocycles. The molecule has 112 valence electrons.